The quantitative estimate of drug-likeness (QED) is 0.704. The Hall–Kier alpha value is -1.10. The Morgan fingerprint density at radius 1 is 1.50 bits per heavy atom. The van der Waals surface area contributed by atoms with Crippen LogP contribution in [0.4, 0.5) is 0 Å². The number of carbonyl (C=O) groups excluding carboxylic acids is 2. The third-order valence-electron chi connectivity index (χ3n) is 2.56. The predicted molar refractivity (Wildman–Crippen MR) is 61.7 cm³/mol. The molecule has 1 saturated heterocycles. The summed E-state index contributed by atoms with van der Waals surface area (Å²) in [5.74, 6) is 0.0267. The zero-order valence-corrected chi connectivity index (χ0v) is 10.2. The number of hydrogen-bond donors (Lipinski definition) is 2. The van der Waals surface area contributed by atoms with Gasteiger partial charge in [0.1, 0.15) is 0 Å². The van der Waals surface area contributed by atoms with E-state index < -0.39 is 5.54 Å². The van der Waals surface area contributed by atoms with Crippen LogP contribution < -0.4 is 11.1 Å². The molecule has 92 valence electrons. The van der Waals surface area contributed by atoms with Crippen molar-refractivity contribution in [2.45, 2.75) is 45.2 Å². The van der Waals surface area contributed by atoms with Gasteiger partial charge in [-0.15, -0.1) is 0 Å². The van der Waals surface area contributed by atoms with Crippen LogP contribution >= 0.6 is 0 Å². The van der Waals surface area contributed by atoms with Crippen LogP contribution in [-0.4, -0.2) is 41.4 Å². The van der Waals surface area contributed by atoms with Gasteiger partial charge in [-0.2, -0.15) is 0 Å². The molecule has 0 aromatic carbocycles. The maximum absolute atomic E-state index is 11.8. The Morgan fingerprint density at radius 2 is 2.12 bits per heavy atom. The highest BCUT2D eigenvalue weighted by Crippen LogP contribution is 2.14. The SMILES string of the molecule is CC(=O)NC1CCN(C(=O)CC(C)(C)N)C1. The van der Waals surface area contributed by atoms with Crippen molar-refractivity contribution in [2.75, 3.05) is 13.1 Å². The maximum Gasteiger partial charge on any atom is 0.224 e. The molecule has 1 heterocycles. The summed E-state index contributed by atoms with van der Waals surface area (Å²) in [6, 6.07) is 0.0994. The second-order valence-corrected chi connectivity index (χ2v) is 5.19. The number of amides is 2. The third kappa shape index (κ3) is 4.18. The van der Waals surface area contributed by atoms with E-state index in [9.17, 15) is 9.59 Å². The van der Waals surface area contributed by atoms with Crippen molar-refractivity contribution < 1.29 is 9.59 Å². The van der Waals surface area contributed by atoms with Gasteiger partial charge in [0.05, 0.1) is 0 Å². The highest BCUT2D eigenvalue weighted by Gasteiger charge is 2.28. The maximum atomic E-state index is 11.8. The minimum absolute atomic E-state index is 0.0431. The molecule has 1 atom stereocenters. The molecule has 5 nitrogen and oxygen atoms in total. The lowest BCUT2D eigenvalue weighted by Gasteiger charge is -2.23. The molecule has 16 heavy (non-hydrogen) atoms. The van der Waals surface area contributed by atoms with E-state index in [0.29, 0.717) is 19.5 Å². The van der Waals surface area contributed by atoms with Crippen molar-refractivity contribution in [3.05, 3.63) is 0 Å². The molecular weight excluding hydrogens is 206 g/mol. The zero-order chi connectivity index (χ0) is 12.3. The van der Waals surface area contributed by atoms with Crippen LogP contribution in [0.1, 0.15) is 33.6 Å². The summed E-state index contributed by atoms with van der Waals surface area (Å²) in [5.41, 5.74) is 5.33. The molecule has 5 heteroatoms. The molecule has 1 aliphatic rings. The number of rotatable bonds is 3. The fraction of sp³-hybridized carbons (Fsp3) is 0.818. The summed E-state index contributed by atoms with van der Waals surface area (Å²) in [4.78, 5) is 24.5. The van der Waals surface area contributed by atoms with Crippen LogP contribution in [0, 0.1) is 0 Å². The summed E-state index contributed by atoms with van der Waals surface area (Å²) in [6.07, 6.45) is 1.18. The van der Waals surface area contributed by atoms with Crippen LogP contribution in [0.25, 0.3) is 0 Å². The van der Waals surface area contributed by atoms with Crippen molar-refractivity contribution in [1.82, 2.24) is 10.2 Å². The molecule has 0 saturated carbocycles. The second-order valence-electron chi connectivity index (χ2n) is 5.19. The Kier molecular flexibility index (Phi) is 3.91. The van der Waals surface area contributed by atoms with E-state index in [0.717, 1.165) is 6.42 Å². The smallest absolute Gasteiger partial charge is 0.224 e. The van der Waals surface area contributed by atoms with E-state index in [1.165, 1.54) is 6.92 Å². The van der Waals surface area contributed by atoms with Gasteiger partial charge in [0.25, 0.3) is 0 Å². The first-order valence-corrected chi connectivity index (χ1v) is 5.62. The number of hydrogen-bond acceptors (Lipinski definition) is 3. The van der Waals surface area contributed by atoms with Gasteiger partial charge in [0.2, 0.25) is 11.8 Å². The normalized spacial score (nSPS) is 21.0. The van der Waals surface area contributed by atoms with Gasteiger partial charge in [-0.25, -0.2) is 0 Å². The first-order chi connectivity index (χ1) is 7.28. The Labute approximate surface area is 96.4 Å². The minimum Gasteiger partial charge on any atom is -0.352 e. The van der Waals surface area contributed by atoms with E-state index >= 15 is 0 Å². The van der Waals surface area contributed by atoms with Crippen LogP contribution in [0.3, 0.4) is 0 Å². The molecule has 2 amide bonds. The highest BCUT2D eigenvalue weighted by molar-refractivity contribution is 5.78. The Bertz CT molecular complexity index is 283. The Balaban J connectivity index is 2.41. The Morgan fingerprint density at radius 3 is 2.62 bits per heavy atom. The van der Waals surface area contributed by atoms with Crippen molar-refractivity contribution in [2.24, 2.45) is 5.73 Å². The molecule has 0 aromatic heterocycles. The van der Waals surface area contributed by atoms with Crippen LogP contribution in [0.15, 0.2) is 0 Å². The lowest BCUT2D eigenvalue weighted by Crippen LogP contribution is -2.42. The average Bonchev–Trinajstić information content (AvgIpc) is 2.48. The average molecular weight is 227 g/mol. The van der Waals surface area contributed by atoms with Crippen LogP contribution in [0.5, 0.6) is 0 Å². The largest absolute Gasteiger partial charge is 0.352 e. The van der Waals surface area contributed by atoms with Gasteiger partial charge in [-0.3, -0.25) is 9.59 Å². The molecule has 0 aliphatic carbocycles. The third-order valence-corrected chi connectivity index (χ3v) is 2.56. The number of likely N-dealkylation sites (tertiary alicyclic amines) is 1. The summed E-state index contributed by atoms with van der Waals surface area (Å²) >= 11 is 0. The van der Waals surface area contributed by atoms with Crippen molar-refractivity contribution in [3.63, 3.8) is 0 Å². The highest BCUT2D eigenvalue weighted by atomic mass is 16.2. The number of carbonyl (C=O) groups is 2. The van der Waals surface area contributed by atoms with E-state index in [4.69, 9.17) is 5.73 Å². The number of nitrogens with zero attached hydrogens (tertiary/aromatic N) is 1. The lowest BCUT2D eigenvalue weighted by atomic mass is 10.0. The molecule has 0 spiro atoms. The molecule has 3 N–H and O–H groups in total. The first kappa shape index (κ1) is 13.0. The van der Waals surface area contributed by atoms with Gasteiger partial charge in [0.15, 0.2) is 0 Å². The molecule has 1 unspecified atom stereocenters. The fourth-order valence-electron chi connectivity index (χ4n) is 1.89. The molecule has 1 aliphatic heterocycles. The molecular formula is C11H21N3O2. The summed E-state index contributed by atoms with van der Waals surface area (Å²) in [7, 11) is 0. The van der Waals surface area contributed by atoms with Crippen LogP contribution in [0.2, 0.25) is 0 Å². The summed E-state index contributed by atoms with van der Waals surface area (Å²) in [5, 5.41) is 2.83. The number of nitrogens with one attached hydrogen (secondary N) is 1. The van der Waals surface area contributed by atoms with E-state index in [1.807, 2.05) is 13.8 Å². The van der Waals surface area contributed by atoms with Gasteiger partial charge >= 0.3 is 0 Å². The molecule has 1 fully saturated rings. The molecule has 0 bridgehead atoms. The van der Waals surface area contributed by atoms with Gasteiger partial charge in [0, 0.05) is 38.0 Å². The van der Waals surface area contributed by atoms with Gasteiger partial charge in [-0.1, -0.05) is 0 Å². The minimum atomic E-state index is -0.469. The number of nitrogens with two attached hydrogens (primary N) is 1. The fourth-order valence-corrected chi connectivity index (χ4v) is 1.89. The lowest BCUT2D eigenvalue weighted by molar-refractivity contribution is -0.131. The molecule has 0 aromatic rings. The monoisotopic (exact) mass is 227 g/mol. The summed E-state index contributed by atoms with van der Waals surface area (Å²) in [6.45, 7) is 6.49. The topological polar surface area (TPSA) is 75.4 Å². The zero-order valence-electron chi connectivity index (χ0n) is 10.2. The van der Waals surface area contributed by atoms with Gasteiger partial charge in [-0.05, 0) is 20.3 Å². The summed E-state index contributed by atoms with van der Waals surface area (Å²) < 4.78 is 0. The van der Waals surface area contributed by atoms with Gasteiger partial charge < -0.3 is 16.0 Å². The second kappa shape index (κ2) is 4.82. The molecule has 0 radical (unpaired) electrons. The molecule has 1 rings (SSSR count). The standard InChI is InChI=1S/C11H21N3O2/c1-8(15)13-9-4-5-14(7-9)10(16)6-11(2,3)12/h9H,4-7,12H2,1-3H3,(H,13,15). The predicted octanol–water partition coefficient (Wildman–Crippen LogP) is -0.149. The van der Waals surface area contributed by atoms with E-state index in [1.54, 1.807) is 4.90 Å². The van der Waals surface area contributed by atoms with Crippen molar-refractivity contribution in [3.8, 4) is 0 Å². The van der Waals surface area contributed by atoms with Crippen molar-refractivity contribution in [1.29, 1.82) is 0 Å². The van der Waals surface area contributed by atoms with E-state index in [-0.39, 0.29) is 17.9 Å². The van der Waals surface area contributed by atoms with Crippen LogP contribution in [-0.2, 0) is 9.59 Å². The van der Waals surface area contributed by atoms with E-state index in [2.05, 4.69) is 5.32 Å². The van der Waals surface area contributed by atoms with Crippen molar-refractivity contribution >= 4 is 11.8 Å². The first-order valence-electron chi connectivity index (χ1n) is 5.62.